The van der Waals surface area contributed by atoms with Gasteiger partial charge in [-0.25, -0.2) is 4.98 Å². The molecule has 3 N–H and O–H groups in total. The molecule has 0 saturated heterocycles. The lowest BCUT2D eigenvalue weighted by molar-refractivity contribution is -0.121. The fourth-order valence-corrected chi connectivity index (χ4v) is 3.68. The van der Waals surface area contributed by atoms with Crippen LogP contribution in [0.2, 0.25) is 0 Å². The molecule has 0 bridgehead atoms. The highest BCUT2D eigenvalue weighted by Gasteiger charge is 2.08. The van der Waals surface area contributed by atoms with E-state index in [4.69, 9.17) is 12.2 Å². The number of aryl methyl sites for hydroxylation is 1. The average Bonchev–Trinajstić information content (AvgIpc) is 2.75. The number of hydrogen-bond acceptors (Lipinski definition) is 4. The summed E-state index contributed by atoms with van der Waals surface area (Å²) in [7, 11) is 0. The predicted octanol–water partition coefficient (Wildman–Crippen LogP) is 5.40. The van der Waals surface area contributed by atoms with Crippen LogP contribution in [0.15, 0.2) is 54.6 Å². The van der Waals surface area contributed by atoms with E-state index >= 15 is 0 Å². The summed E-state index contributed by atoms with van der Waals surface area (Å²) in [4.78, 5) is 19.7. The standard InChI is InChI=1S/C24H30N4OS/c1-18(15-16-19-10-4-2-5-11-19)26-22(29)14-6-3-9-17-25-23-20-12-7-8-13-21(20)27-24(30)28-23/h2,4-5,7-8,10-13,18H,3,6,9,14-17H2,1H3,(H,26,29)(H2,25,27,28,30)/t18-/m1/s1. The fourth-order valence-electron chi connectivity index (χ4n) is 3.48. The van der Waals surface area contributed by atoms with Crippen LogP contribution in [0.5, 0.6) is 0 Å². The first kappa shape index (κ1) is 22.0. The molecule has 0 aliphatic carbocycles. The van der Waals surface area contributed by atoms with Crippen LogP contribution in [-0.2, 0) is 11.2 Å². The number of aromatic nitrogens is 2. The van der Waals surface area contributed by atoms with Crippen molar-refractivity contribution in [2.45, 2.75) is 51.5 Å². The Bertz CT molecular complexity index is 1000. The molecule has 1 aromatic heterocycles. The third-order valence-corrected chi connectivity index (χ3v) is 5.32. The van der Waals surface area contributed by atoms with E-state index in [0.29, 0.717) is 11.2 Å². The second-order valence-corrected chi connectivity index (χ2v) is 8.05. The highest BCUT2D eigenvalue weighted by Crippen LogP contribution is 2.19. The summed E-state index contributed by atoms with van der Waals surface area (Å²) in [5.74, 6) is 0.963. The molecule has 6 heteroatoms. The Morgan fingerprint density at radius 1 is 1.07 bits per heavy atom. The lowest BCUT2D eigenvalue weighted by atomic mass is 10.1. The molecule has 0 aliphatic heterocycles. The van der Waals surface area contributed by atoms with Crippen molar-refractivity contribution < 1.29 is 4.79 Å². The Kier molecular flexibility index (Phi) is 8.39. The number of anilines is 1. The molecule has 0 spiro atoms. The molecule has 1 heterocycles. The van der Waals surface area contributed by atoms with Crippen LogP contribution in [0, 0.1) is 4.77 Å². The SMILES string of the molecule is C[C@H](CCc1ccccc1)NC(=O)CCCCCNc1nc(=S)[nH]c2ccccc12. The quantitative estimate of drug-likeness (QED) is 0.286. The molecule has 5 nitrogen and oxygen atoms in total. The smallest absolute Gasteiger partial charge is 0.220 e. The molecule has 1 atom stereocenters. The van der Waals surface area contributed by atoms with Gasteiger partial charge in [0.2, 0.25) is 5.91 Å². The van der Waals surface area contributed by atoms with E-state index in [1.165, 1.54) is 5.56 Å². The summed E-state index contributed by atoms with van der Waals surface area (Å²) in [6.07, 6.45) is 5.39. The van der Waals surface area contributed by atoms with Crippen molar-refractivity contribution in [2.75, 3.05) is 11.9 Å². The van der Waals surface area contributed by atoms with Gasteiger partial charge in [0.05, 0.1) is 5.52 Å². The van der Waals surface area contributed by atoms with Crippen LogP contribution in [0.4, 0.5) is 5.82 Å². The maximum absolute atomic E-state index is 12.2. The largest absolute Gasteiger partial charge is 0.369 e. The summed E-state index contributed by atoms with van der Waals surface area (Å²) in [5, 5.41) is 7.53. The van der Waals surface area contributed by atoms with Gasteiger partial charge in [-0.3, -0.25) is 4.79 Å². The number of H-pyrrole nitrogens is 1. The zero-order valence-corrected chi connectivity index (χ0v) is 18.3. The lowest BCUT2D eigenvalue weighted by Gasteiger charge is -2.14. The van der Waals surface area contributed by atoms with Gasteiger partial charge in [-0.1, -0.05) is 48.9 Å². The molecular formula is C24H30N4OS. The second-order valence-electron chi connectivity index (χ2n) is 7.67. The number of rotatable bonds is 11. The van der Waals surface area contributed by atoms with E-state index in [1.807, 2.05) is 30.3 Å². The highest BCUT2D eigenvalue weighted by molar-refractivity contribution is 7.71. The number of fused-ring (bicyclic) bond motifs is 1. The maximum atomic E-state index is 12.2. The normalized spacial score (nSPS) is 11.9. The number of nitrogens with one attached hydrogen (secondary N) is 3. The Hall–Kier alpha value is -2.73. The number of aromatic amines is 1. The van der Waals surface area contributed by atoms with E-state index in [2.05, 4.69) is 51.8 Å². The Labute approximate surface area is 183 Å². The first-order valence-corrected chi connectivity index (χ1v) is 11.1. The van der Waals surface area contributed by atoms with Crippen LogP contribution in [0.25, 0.3) is 10.9 Å². The molecule has 2 aromatic carbocycles. The number of carbonyl (C=O) groups excluding carboxylic acids is 1. The van der Waals surface area contributed by atoms with E-state index in [1.54, 1.807) is 0 Å². The molecule has 1 amide bonds. The number of hydrogen-bond donors (Lipinski definition) is 3. The first-order chi connectivity index (χ1) is 14.6. The molecule has 0 aliphatic rings. The Morgan fingerprint density at radius 3 is 2.67 bits per heavy atom. The molecule has 3 aromatic rings. The first-order valence-electron chi connectivity index (χ1n) is 10.7. The van der Waals surface area contributed by atoms with Crippen molar-refractivity contribution >= 4 is 34.8 Å². The van der Waals surface area contributed by atoms with Crippen molar-refractivity contribution in [3.63, 3.8) is 0 Å². The van der Waals surface area contributed by atoms with Crippen LogP contribution < -0.4 is 10.6 Å². The zero-order valence-electron chi connectivity index (χ0n) is 17.5. The van der Waals surface area contributed by atoms with E-state index < -0.39 is 0 Å². The Morgan fingerprint density at radius 2 is 1.83 bits per heavy atom. The molecular weight excluding hydrogens is 392 g/mol. The fraction of sp³-hybridized carbons (Fsp3) is 0.375. The van der Waals surface area contributed by atoms with Gasteiger partial charge in [-0.2, -0.15) is 0 Å². The van der Waals surface area contributed by atoms with Gasteiger partial charge in [0.15, 0.2) is 4.77 Å². The van der Waals surface area contributed by atoms with Crippen LogP contribution in [0.1, 0.15) is 44.6 Å². The van der Waals surface area contributed by atoms with Crippen molar-refractivity contribution in [1.29, 1.82) is 0 Å². The Balaban J connectivity index is 1.31. The van der Waals surface area contributed by atoms with Crippen LogP contribution >= 0.6 is 12.2 Å². The second kappa shape index (κ2) is 11.5. The summed E-state index contributed by atoms with van der Waals surface area (Å²) in [6.45, 7) is 2.89. The summed E-state index contributed by atoms with van der Waals surface area (Å²) < 4.78 is 0.481. The van der Waals surface area contributed by atoms with Crippen molar-refractivity contribution in [3.8, 4) is 0 Å². The van der Waals surface area contributed by atoms with Gasteiger partial charge in [0.25, 0.3) is 0 Å². The third-order valence-electron chi connectivity index (χ3n) is 5.13. The van der Waals surface area contributed by atoms with Crippen molar-refractivity contribution in [3.05, 3.63) is 64.9 Å². The molecule has 0 fully saturated rings. The third kappa shape index (κ3) is 6.95. The van der Waals surface area contributed by atoms with E-state index in [9.17, 15) is 4.79 Å². The molecule has 158 valence electrons. The van der Waals surface area contributed by atoms with Crippen LogP contribution in [-0.4, -0.2) is 28.5 Å². The number of unbranched alkanes of at least 4 members (excludes halogenated alkanes) is 2. The molecule has 30 heavy (non-hydrogen) atoms. The summed E-state index contributed by atoms with van der Waals surface area (Å²) in [5.41, 5.74) is 2.30. The molecule has 3 rings (SSSR count). The summed E-state index contributed by atoms with van der Waals surface area (Å²) in [6, 6.07) is 18.6. The van der Waals surface area contributed by atoms with Gasteiger partial charge in [0.1, 0.15) is 5.82 Å². The minimum Gasteiger partial charge on any atom is -0.369 e. The van der Waals surface area contributed by atoms with Gasteiger partial charge in [-0.05, 0) is 62.5 Å². The predicted molar refractivity (Wildman–Crippen MR) is 126 cm³/mol. The number of nitrogens with zero attached hydrogens (tertiary/aromatic N) is 1. The minimum absolute atomic E-state index is 0.144. The lowest BCUT2D eigenvalue weighted by Crippen LogP contribution is -2.32. The highest BCUT2D eigenvalue weighted by atomic mass is 32.1. The summed E-state index contributed by atoms with van der Waals surface area (Å²) >= 11 is 5.21. The van der Waals surface area contributed by atoms with E-state index in [-0.39, 0.29) is 11.9 Å². The van der Waals surface area contributed by atoms with Crippen LogP contribution in [0.3, 0.4) is 0 Å². The topological polar surface area (TPSA) is 69.8 Å². The van der Waals surface area contributed by atoms with Gasteiger partial charge in [0, 0.05) is 24.4 Å². The molecule has 0 unspecified atom stereocenters. The number of para-hydroxylation sites is 1. The van der Waals surface area contributed by atoms with Gasteiger partial charge in [-0.15, -0.1) is 0 Å². The number of amides is 1. The molecule has 0 radical (unpaired) electrons. The van der Waals surface area contributed by atoms with Crippen molar-refractivity contribution in [2.24, 2.45) is 0 Å². The molecule has 0 saturated carbocycles. The number of benzene rings is 2. The zero-order chi connectivity index (χ0) is 21.2. The monoisotopic (exact) mass is 422 g/mol. The maximum Gasteiger partial charge on any atom is 0.220 e. The minimum atomic E-state index is 0.144. The van der Waals surface area contributed by atoms with E-state index in [0.717, 1.165) is 55.4 Å². The average molecular weight is 423 g/mol. The van der Waals surface area contributed by atoms with Gasteiger partial charge >= 0.3 is 0 Å². The van der Waals surface area contributed by atoms with Crippen molar-refractivity contribution in [1.82, 2.24) is 15.3 Å². The number of carbonyl (C=O) groups is 1. The van der Waals surface area contributed by atoms with Gasteiger partial charge < -0.3 is 15.6 Å².